The molecule has 0 unspecified atom stereocenters. The van der Waals surface area contributed by atoms with Crippen molar-refractivity contribution in [2.45, 2.75) is 13.5 Å². The molecular weight excluding hydrogens is 165 g/mol. The molecule has 0 aromatic heterocycles. The summed E-state index contributed by atoms with van der Waals surface area (Å²) in [4.78, 5) is 0. The van der Waals surface area contributed by atoms with Gasteiger partial charge in [-0.15, -0.1) is 0 Å². The standard InChI is InChI=1S/C8H9ClFN/c1-5-2-6(4-11)8(10)7(9)3-5/h2-3H,4,11H2,1H3. The van der Waals surface area contributed by atoms with E-state index < -0.39 is 5.82 Å². The van der Waals surface area contributed by atoms with Gasteiger partial charge in [-0.2, -0.15) is 0 Å². The highest BCUT2D eigenvalue weighted by Gasteiger charge is 2.05. The smallest absolute Gasteiger partial charge is 0.146 e. The van der Waals surface area contributed by atoms with Crippen molar-refractivity contribution in [3.05, 3.63) is 34.1 Å². The van der Waals surface area contributed by atoms with Gasteiger partial charge >= 0.3 is 0 Å². The van der Waals surface area contributed by atoms with Gasteiger partial charge in [-0.05, 0) is 18.6 Å². The van der Waals surface area contributed by atoms with Crippen LogP contribution in [0.2, 0.25) is 5.02 Å². The summed E-state index contributed by atoms with van der Waals surface area (Å²) >= 11 is 5.57. The van der Waals surface area contributed by atoms with Gasteiger partial charge < -0.3 is 5.73 Å². The number of nitrogens with two attached hydrogens (primary N) is 1. The molecule has 0 aliphatic carbocycles. The van der Waals surface area contributed by atoms with Crippen LogP contribution >= 0.6 is 11.6 Å². The number of rotatable bonds is 1. The second kappa shape index (κ2) is 3.20. The maximum atomic E-state index is 13.0. The van der Waals surface area contributed by atoms with E-state index in [2.05, 4.69) is 0 Å². The number of aryl methyl sites for hydroxylation is 1. The second-order valence-electron chi connectivity index (χ2n) is 2.42. The van der Waals surface area contributed by atoms with Crippen LogP contribution in [0.15, 0.2) is 12.1 Å². The van der Waals surface area contributed by atoms with E-state index in [1.165, 1.54) is 0 Å². The van der Waals surface area contributed by atoms with Crippen LogP contribution in [0.3, 0.4) is 0 Å². The van der Waals surface area contributed by atoms with Gasteiger partial charge in [-0.25, -0.2) is 4.39 Å². The third-order valence-corrected chi connectivity index (χ3v) is 1.74. The number of hydrogen-bond acceptors (Lipinski definition) is 1. The Morgan fingerprint density at radius 1 is 1.55 bits per heavy atom. The summed E-state index contributed by atoms with van der Waals surface area (Å²) in [5.74, 6) is -0.403. The van der Waals surface area contributed by atoms with Crippen LogP contribution in [0.1, 0.15) is 11.1 Å². The van der Waals surface area contributed by atoms with E-state index in [4.69, 9.17) is 17.3 Å². The molecule has 1 aromatic carbocycles. The van der Waals surface area contributed by atoms with E-state index in [1.54, 1.807) is 12.1 Å². The molecule has 0 saturated heterocycles. The van der Waals surface area contributed by atoms with Crippen LogP contribution in [0.5, 0.6) is 0 Å². The first-order valence-electron chi connectivity index (χ1n) is 3.29. The summed E-state index contributed by atoms with van der Waals surface area (Å²) in [6.45, 7) is 2.04. The average molecular weight is 174 g/mol. The van der Waals surface area contributed by atoms with Crippen molar-refractivity contribution in [1.82, 2.24) is 0 Å². The summed E-state index contributed by atoms with van der Waals surface area (Å²) in [6.07, 6.45) is 0. The molecule has 0 aliphatic rings. The normalized spacial score (nSPS) is 10.2. The van der Waals surface area contributed by atoms with Crippen molar-refractivity contribution in [1.29, 1.82) is 0 Å². The zero-order valence-electron chi connectivity index (χ0n) is 6.20. The fourth-order valence-corrected chi connectivity index (χ4v) is 1.24. The SMILES string of the molecule is Cc1cc(Cl)c(F)c(CN)c1. The molecule has 0 saturated carbocycles. The third kappa shape index (κ3) is 1.70. The summed E-state index contributed by atoms with van der Waals surface area (Å²) < 4.78 is 13.0. The summed E-state index contributed by atoms with van der Waals surface area (Å²) in [6, 6.07) is 3.28. The highest BCUT2D eigenvalue weighted by Crippen LogP contribution is 2.19. The molecule has 0 amide bonds. The van der Waals surface area contributed by atoms with Crippen molar-refractivity contribution in [2.24, 2.45) is 5.73 Å². The quantitative estimate of drug-likeness (QED) is 0.693. The van der Waals surface area contributed by atoms with Gasteiger partial charge in [0.05, 0.1) is 5.02 Å². The Kier molecular flexibility index (Phi) is 2.47. The maximum absolute atomic E-state index is 13.0. The molecule has 1 aromatic rings. The van der Waals surface area contributed by atoms with Gasteiger partial charge in [0.2, 0.25) is 0 Å². The highest BCUT2D eigenvalue weighted by molar-refractivity contribution is 6.30. The molecule has 0 heterocycles. The lowest BCUT2D eigenvalue weighted by atomic mass is 10.1. The van der Waals surface area contributed by atoms with Crippen LogP contribution in [0.25, 0.3) is 0 Å². The molecule has 0 radical (unpaired) electrons. The van der Waals surface area contributed by atoms with Crippen LogP contribution in [0, 0.1) is 12.7 Å². The molecule has 0 bridgehead atoms. The summed E-state index contributed by atoms with van der Waals surface area (Å²) in [7, 11) is 0. The lowest BCUT2D eigenvalue weighted by Crippen LogP contribution is -2.00. The average Bonchev–Trinajstić information content (AvgIpc) is 1.96. The van der Waals surface area contributed by atoms with Crippen molar-refractivity contribution >= 4 is 11.6 Å². The van der Waals surface area contributed by atoms with E-state index in [1.807, 2.05) is 6.92 Å². The molecule has 3 heteroatoms. The summed E-state index contributed by atoms with van der Waals surface area (Å²) in [5.41, 5.74) is 6.69. The van der Waals surface area contributed by atoms with E-state index >= 15 is 0 Å². The maximum Gasteiger partial charge on any atom is 0.146 e. The Bertz CT molecular complexity index is 273. The first-order chi connectivity index (χ1) is 5.15. The molecule has 0 spiro atoms. The van der Waals surface area contributed by atoms with Gasteiger partial charge in [0.15, 0.2) is 0 Å². The molecule has 0 fully saturated rings. The van der Waals surface area contributed by atoms with Gasteiger partial charge in [-0.1, -0.05) is 17.7 Å². The van der Waals surface area contributed by atoms with Crippen molar-refractivity contribution in [3.63, 3.8) is 0 Å². The molecule has 60 valence electrons. The van der Waals surface area contributed by atoms with E-state index in [0.717, 1.165) is 5.56 Å². The van der Waals surface area contributed by atoms with Gasteiger partial charge in [0, 0.05) is 12.1 Å². The minimum absolute atomic E-state index is 0.144. The van der Waals surface area contributed by atoms with E-state index in [9.17, 15) is 4.39 Å². The predicted molar refractivity (Wildman–Crippen MR) is 44.0 cm³/mol. The molecule has 1 rings (SSSR count). The van der Waals surface area contributed by atoms with Crippen molar-refractivity contribution < 1.29 is 4.39 Å². The van der Waals surface area contributed by atoms with E-state index in [-0.39, 0.29) is 11.6 Å². The molecule has 11 heavy (non-hydrogen) atoms. The molecule has 2 N–H and O–H groups in total. The zero-order chi connectivity index (χ0) is 8.43. The minimum Gasteiger partial charge on any atom is -0.326 e. The topological polar surface area (TPSA) is 26.0 Å². The Labute approximate surface area is 70.0 Å². The van der Waals surface area contributed by atoms with Crippen molar-refractivity contribution in [2.75, 3.05) is 0 Å². The second-order valence-corrected chi connectivity index (χ2v) is 2.83. The monoisotopic (exact) mass is 173 g/mol. The molecule has 1 nitrogen and oxygen atoms in total. The first-order valence-corrected chi connectivity index (χ1v) is 3.67. The van der Waals surface area contributed by atoms with Gasteiger partial charge in [0.25, 0.3) is 0 Å². The molecule has 0 atom stereocenters. The lowest BCUT2D eigenvalue weighted by Gasteiger charge is -2.02. The number of benzene rings is 1. The van der Waals surface area contributed by atoms with Crippen molar-refractivity contribution in [3.8, 4) is 0 Å². The third-order valence-electron chi connectivity index (χ3n) is 1.47. The van der Waals surface area contributed by atoms with Gasteiger partial charge in [0.1, 0.15) is 5.82 Å². The molecule has 0 aliphatic heterocycles. The van der Waals surface area contributed by atoms with Crippen LogP contribution in [-0.2, 0) is 6.54 Å². The minimum atomic E-state index is -0.403. The van der Waals surface area contributed by atoms with Crippen LogP contribution < -0.4 is 5.73 Å². The number of halogens is 2. The summed E-state index contributed by atoms with van der Waals surface area (Å²) in [5, 5.41) is 0.144. The Morgan fingerprint density at radius 2 is 2.18 bits per heavy atom. The zero-order valence-corrected chi connectivity index (χ0v) is 6.95. The Morgan fingerprint density at radius 3 is 2.73 bits per heavy atom. The Hall–Kier alpha value is -0.600. The van der Waals surface area contributed by atoms with E-state index in [0.29, 0.717) is 5.56 Å². The highest BCUT2D eigenvalue weighted by atomic mass is 35.5. The predicted octanol–water partition coefficient (Wildman–Crippen LogP) is 2.25. The van der Waals surface area contributed by atoms with Gasteiger partial charge in [-0.3, -0.25) is 0 Å². The largest absolute Gasteiger partial charge is 0.326 e. The fourth-order valence-electron chi connectivity index (χ4n) is 0.945. The fraction of sp³-hybridized carbons (Fsp3) is 0.250. The Balaban J connectivity index is 3.24. The first kappa shape index (κ1) is 8.50. The molecular formula is C8H9ClFN. The number of hydrogen-bond donors (Lipinski definition) is 1. The van der Waals surface area contributed by atoms with Crippen LogP contribution in [-0.4, -0.2) is 0 Å². The van der Waals surface area contributed by atoms with Crippen LogP contribution in [0.4, 0.5) is 4.39 Å². The lowest BCUT2D eigenvalue weighted by molar-refractivity contribution is 0.610.